The molecule has 0 spiro atoms. The van der Waals surface area contributed by atoms with Crippen LogP contribution in [0.15, 0.2) is 82.3 Å². The van der Waals surface area contributed by atoms with Crippen LogP contribution < -0.4 is 4.90 Å². The topological polar surface area (TPSA) is 173 Å². The molecule has 2 aliphatic rings. The van der Waals surface area contributed by atoms with Gasteiger partial charge in [0.2, 0.25) is 5.69 Å². The molecule has 0 radical (unpaired) electrons. The third-order valence-electron chi connectivity index (χ3n) is 9.28. The average Bonchev–Trinajstić information content (AvgIpc) is 3.35. The van der Waals surface area contributed by atoms with Crippen molar-refractivity contribution in [2.45, 2.75) is 68.1 Å². The maximum atomic E-state index is 12.0. The number of allylic oxidation sites excluding steroid dienone is 6. The van der Waals surface area contributed by atoms with Crippen molar-refractivity contribution in [3.63, 3.8) is 0 Å². The lowest BCUT2D eigenvalue weighted by Gasteiger charge is -2.34. The van der Waals surface area contributed by atoms with Crippen molar-refractivity contribution in [1.82, 2.24) is 0 Å². The second-order valence-corrected chi connectivity index (χ2v) is 17.6. The molecule has 15 heteroatoms. The molecule has 4 N–H and O–H groups in total. The Morgan fingerprint density at radius 1 is 0.979 bits per heavy atom. The van der Waals surface area contributed by atoms with E-state index in [0.29, 0.717) is 36.4 Å². The minimum atomic E-state index is -4.44. The van der Waals surface area contributed by atoms with Crippen LogP contribution >= 0.6 is 12.0 Å². The summed E-state index contributed by atoms with van der Waals surface area (Å²) < 4.78 is 98.6. The normalized spacial score (nSPS) is 20.9. The van der Waals surface area contributed by atoms with Crippen molar-refractivity contribution >= 4 is 60.4 Å². The van der Waals surface area contributed by atoms with E-state index in [-0.39, 0.29) is 28.7 Å². The van der Waals surface area contributed by atoms with Gasteiger partial charge in [-0.2, -0.15) is 21.4 Å². The summed E-state index contributed by atoms with van der Waals surface area (Å²) in [5.41, 5.74) is 3.99. The van der Waals surface area contributed by atoms with Gasteiger partial charge in [0.05, 0.1) is 21.8 Å². The Morgan fingerprint density at radius 3 is 2.29 bits per heavy atom. The Labute approximate surface area is 290 Å². The Balaban J connectivity index is 1.73. The third-order valence-corrected chi connectivity index (χ3v) is 12.0. The van der Waals surface area contributed by atoms with Gasteiger partial charge in [0, 0.05) is 64.4 Å². The number of nitrogens with zero attached hydrogens (tertiary/aromatic N) is 2. The minimum absolute atomic E-state index is 0.00618. The summed E-state index contributed by atoms with van der Waals surface area (Å²) in [6.07, 6.45) is 10.1. The molecule has 2 aromatic carbocycles. The maximum absolute atomic E-state index is 12.0. The molecule has 2 atom stereocenters. The van der Waals surface area contributed by atoms with Gasteiger partial charge in [0.15, 0.2) is 16.8 Å². The number of hydrogen-bond acceptors (Lipinski definition) is 8. The zero-order valence-electron chi connectivity index (χ0n) is 27.5. The van der Waals surface area contributed by atoms with Gasteiger partial charge in [-0.1, -0.05) is 32.1 Å². The molecule has 0 bridgehead atoms. The molecule has 0 fully saturated rings. The van der Waals surface area contributed by atoms with E-state index in [2.05, 4.69) is 0 Å². The number of hydrogen-bond donors (Lipinski definition) is 4. The van der Waals surface area contributed by atoms with Gasteiger partial charge in [0.1, 0.15) is 6.54 Å². The summed E-state index contributed by atoms with van der Waals surface area (Å²) in [4.78, 5) is 2.51. The van der Waals surface area contributed by atoms with Crippen LogP contribution in [0.3, 0.4) is 0 Å². The summed E-state index contributed by atoms with van der Waals surface area (Å²) in [5, 5.41) is 0. The first-order chi connectivity index (χ1) is 22.3. The van der Waals surface area contributed by atoms with Gasteiger partial charge >= 0.3 is 0 Å². The van der Waals surface area contributed by atoms with Crippen LogP contribution in [-0.2, 0) is 42.1 Å². The second kappa shape index (κ2) is 14.7. The maximum Gasteiger partial charge on any atom is 0.294 e. The van der Waals surface area contributed by atoms with E-state index in [0.717, 1.165) is 33.9 Å². The summed E-state index contributed by atoms with van der Waals surface area (Å²) in [7, 11) is -8.57. The molecule has 0 amide bonds. The lowest BCUT2D eigenvalue weighted by molar-refractivity contribution is -0.437. The minimum Gasteiger partial charge on any atom is -0.344 e. The molecule has 0 saturated carbocycles. The Hall–Kier alpha value is -2.63. The molecular weight excluding hydrogens is 697 g/mol. The molecule has 262 valence electrons. The standard InChI is InChI=1S/C33H42N2O9S4/c1-23(2)33(5)27-22-25(48(42,43)44)14-16-29(27)35(17-9-19-46(37)38)31(33)12-8-6-7-11-30-32(3,4)26-21-24(45-36)13-15-28(26)34(30)18-10-20-47(39,40)41/h6-8,11-16,21-23H,9-10,17-20H2,1-5H3,(H3-,36,37,38,39,40,41,42,43,44)/p+1. The fraction of sp³-hybridized carbons (Fsp3) is 0.424. The lowest BCUT2D eigenvalue weighted by atomic mass is 9.72. The smallest absolute Gasteiger partial charge is 0.294 e. The third kappa shape index (κ3) is 8.05. The van der Waals surface area contributed by atoms with Crippen LogP contribution in [-0.4, -0.2) is 74.1 Å². The molecule has 0 aliphatic carbocycles. The van der Waals surface area contributed by atoms with Gasteiger partial charge < -0.3 is 14.0 Å². The largest absolute Gasteiger partial charge is 0.344 e. The highest BCUT2D eigenvalue weighted by Crippen LogP contribution is 2.52. The van der Waals surface area contributed by atoms with Crippen molar-refractivity contribution in [3.8, 4) is 0 Å². The molecule has 0 aromatic heterocycles. The number of fused-ring (bicyclic) bond motifs is 2. The number of anilines is 1. The van der Waals surface area contributed by atoms with Crippen molar-refractivity contribution < 1.29 is 43.8 Å². The molecule has 48 heavy (non-hydrogen) atoms. The number of rotatable bonds is 14. The fourth-order valence-corrected chi connectivity index (χ4v) is 8.22. The second-order valence-electron chi connectivity index (χ2n) is 12.9. The van der Waals surface area contributed by atoms with Crippen LogP contribution in [0.4, 0.5) is 11.4 Å². The van der Waals surface area contributed by atoms with Crippen LogP contribution in [0.25, 0.3) is 0 Å². The molecular formula is C33H43N2O9S4+. The van der Waals surface area contributed by atoms with E-state index in [9.17, 15) is 39.3 Å². The van der Waals surface area contributed by atoms with E-state index in [1.807, 2.05) is 86.6 Å². The van der Waals surface area contributed by atoms with Gasteiger partial charge in [-0.15, -0.1) is 0 Å². The molecule has 2 heterocycles. The average molecular weight is 740 g/mol. The first kappa shape index (κ1) is 38.2. The van der Waals surface area contributed by atoms with Gasteiger partial charge in [0.25, 0.3) is 20.2 Å². The molecule has 2 aromatic rings. The van der Waals surface area contributed by atoms with E-state index in [1.54, 1.807) is 12.1 Å². The van der Waals surface area contributed by atoms with E-state index in [1.165, 1.54) is 12.1 Å². The fourth-order valence-electron chi connectivity index (χ4n) is 6.55. The van der Waals surface area contributed by atoms with Crippen LogP contribution in [0.1, 0.15) is 58.6 Å². The highest BCUT2D eigenvalue weighted by molar-refractivity contribution is 7.93. The van der Waals surface area contributed by atoms with E-state index < -0.39 is 42.1 Å². The van der Waals surface area contributed by atoms with Crippen LogP contribution in [0.5, 0.6) is 0 Å². The monoisotopic (exact) mass is 739 g/mol. The predicted octanol–water partition coefficient (Wildman–Crippen LogP) is 6.19. The summed E-state index contributed by atoms with van der Waals surface area (Å²) in [6, 6.07) is 10.1. The first-order valence-electron chi connectivity index (χ1n) is 15.4. The zero-order chi connectivity index (χ0) is 35.7. The predicted molar refractivity (Wildman–Crippen MR) is 191 cm³/mol. The first-order valence-corrected chi connectivity index (χ1v) is 20.5. The Morgan fingerprint density at radius 2 is 1.69 bits per heavy atom. The highest BCUT2D eigenvalue weighted by Gasteiger charge is 2.46. The quantitative estimate of drug-likeness (QED) is 0.0572. The van der Waals surface area contributed by atoms with Gasteiger partial charge in [-0.25, -0.2) is 4.21 Å². The van der Waals surface area contributed by atoms with Crippen molar-refractivity contribution in [2.75, 3.05) is 29.5 Å². The molecule has 0 saturated heterocycles. The lowest BCUT2D eigenvalue weighted by Crippen LogP contribution is -2.33. The van der Waals surface area contributed by atoms with Gasteiger partial charge in [-0.05, 0) is 75.1 Å². The summed E-state index contributed by atoms with van der Waals surface area (Å²) in [5.74, 6) is -0.289. The van der Waals surface area contributed by atoms with Crippen molar-refractivity contribution in [2.24, 2.45) is 5.92 Å². The summed E-state index contributed by atoms with van der Waals surface area (Å²) >= 11 is -1.31. The Kier molecular flexibility index (Phi) is 11.7. The molecule has 11 nitrogen and oxygen atoms in total. The van der Waals surface area contributed by atoms with Crippen LogP contribution in [0, 0.1) is 5.92 Å². The van der Waals surface area contributed by atoms with Gasteiger partial charge in [-0.3, -0.25) is 9.11 Å². The molecule has 4 rings (SSSR count). The number of benzene rings is 2. The highest BCUT2D eigenvalue weighted by atomic mass is 32.2. The van der Waals surface area contributed by atoms with Crippen molar-refractivity contribution in [3.05, 3.63) is 83.6 Å². The Bertz CT molecular complexity index is 1930. The molecule has 2 aliphatic heterocycles. The summed E-state index contributed by atoms with van der Waals surface area (Å²) in [6.45, 7) is 10.9. The van der Waals surface area contributed by atoms with E-state index in [4.69, 9.17) is 0 Å². The zero-order valence-corrected chi connectivity index (χ0v) is 30.8. The van der Waals surface area contributed by atoms with E-state index >= 15 is 0 Å². The van der Waals surface area contributed by atoms with Crippen molar-refractivity contribution in [1.29, 1.82) is 0 Å². The van der Waals surface area contributed by atoms with Crippen LogP contribution in [0.2, 0.25) is 0 Å². The molecule has 2 unspecified atom stereocenters. The SMILES string of the molecule is CC(C)C1(C)/C(=C/C=C/C=C/C2=[N+](CCCS(=O)(=O)O)c3ccc(SO)cc3C2(C)C)N(CCCS(=O)O)c2ccc(S(=O)(=O)O)cc21.